The fourth-order valence-electron chi connectivity index (χ4n) is 1.91. The van der Waals surface area contributed by atoms with E-state index in [4.69, 9.17) is 11.6 Å². The molecule has 1 aromatic rings. The van der Waals surface area contributed by atoms with Crippen molar-refractivity contribution in [2.45, 2.75) is 25.2 Å². The molecule has 0 aromatic heterocycles. The Morgan fingerprint density at radius 2 is 2.14 bits per heavy atom. The Kier molecular flexibility index (Phi) is 2.87. The van der Waals surface area contributed by atoms with E-state index in [-0.39, 0.29) is 5.82 Å². The third-order valence-electron chi connectivity index (χ3n) is 2.67. The molecular formula is C12H12ClF. The quantitative estimate of drug-likeness (QED) is 0.607. The number of hydrogen-bond donors (Lipinski definition) is 0. The molecule has 74 valence electrons. The molecule has 0 radical (unpaired) electrons. The van der Waals surface area contributed by atoms with Gasteiger partial charge in [0.25, 0.3) is 0 Å². The molecule has 0 saturated carbocycles. The van der Waals surface area contributed by atoms with Crippen molar-refractivity contribution in [3.8, 4) is 0 Å². The van der Waals surface area contributed by atoms with Crippen LogP contribution in [0.3, 0.4) is 0 Å². The first-order valence-electron chi connectivity index (χ1n) is 4.87. The van der Waals surface area contributed by atoms with Crippen LogP contribution in [-0.2, 0) is 0 Å². The first-order valence-corrected chi connectivity index (χ1v) is 5.25. The largest absolute Gasteiger partial charge is 0.207 e. The van der Waals surface area contributed by atoms with Gasteiger partial charge < -0.3 is 0 Å². The van der Waals surface area contributed by atoms with E-state index in [0.717, 1.165) is 24.8 Å². The van der Waals surface area contributed by atoms with Crippen LogP contribution in [0.5, 0.6) is 0 Å². The molecular weight excluding hydrogens is 199 g/mol. The maximum Gasteiger partial charge on any atom is 0.128 e. The number of hydrogen-bond acceptors (Lipinski definition) is 0. The third kappa shape index (κ3) is 1.98. The van der Waals surface area contributed by atoms with Crippen LogP contribution < -0.4 is 0 Å². The summed E-state index contributed by atoms with van der Waals surface area (Å²) in [5, 5.41) is 0.470. The second-order valence-electron chi connectivity index (χ2n) is 3.65. The van der Waals surface area contributed by atoms with Gasteiger partial charge in [-0.1, -0.05) is 29.8 Å². The fraction of sp³-hybridized carbons (Fsp3) is 0.333. The van der Waals surface area contributed by atoms with Crippen molar-refractivity contribution in [1.29, 1.82) is 0 Å². The number of allylic oxidation sites excluding steroid dienone is 2. The third-order valence-corrected chi connectivity index (χ3v) is 2.91. The Morgan fingerprint density at radius 3 is 2.79 bits per heavy atom. The molecule has 2 heteroatoms. The normalized spacial score (nSPS) is 21.1. The van der Waals surface area contributed by atoms with Gasteiger partial charge in [0.05, 0.1) is 0 Å². The molecule has 0 spiro atoms. The zero-order valence-electron chi connectivity index (χ0n) is 7.84. The van der Waals surface area contributed by atoms with E-state index in [2.05, 4.69) is 12.2 Å². The topological polar surface area (TPSA) is 0 Å². The van der Waals surface area contributed by atoms with E-state index >= 15 is 0 Å². The van der Waals surface area contributed by atoms with Crippen LogP contribution >= 0.6 is 11.6 Å². The van der Waals surface area contributed by atoms with Gasteiger partial charge in [0, 0.05) is 5.02 Å². The Balaban J connectivity index is 2.27. The van der Waals surface area contributed by atoms with Crippen LogP contribution in [0.4, 0.5) is 4.39 Å². The van der Waals surface area contributed by atoms with E-state index in [1.807, 2.05) is 6.07 Å². The molecule has 0 nitrogen and oxygen atoms in total. The van der Waals surface area contributed by atoms with Gasteiger partial charge in [0.2, 0.25) is 0 Å². The second-order valence-corrected chi connectivity index (χ2v) is 4.08. The van der Waals surface area contributed by atoms with E-state index < -0.39 is 0 Å². The van der Waals surface area contributed by atoms with Crippen LogP contribution in [0.1, 0.15) is 30.7 Å². The zero-order valence-corrected chi connectivity index (χ0v) is 8.60. The van der Waals surface area contributed by atoms with Gasteiger partial charge in [-0.05, 0) is 42.9 Å². The number of halogens is 2. The molecule has 0 N–H and O–H groups in total. The summed E-state index contributed by atoms with van der Waals surface area (Å²) < 4.78 is 13.5. The molecule has 0 fully saturated rings. The lowest BCUT2D eigenvalue weighted by Crippen LogP contribution is -2.03. The van der Waals surface area contributed by atoms with Crippen LogP contribution in [0.15, 0.2) is 30.4 Å². The Labute approximate surface area is 88.4 Å². The zero-order chi connectivity index (χ0) is 9.97. The SMILES string of the molecule is Fc1cc(Cl)ccc1C1CC=CCC1. The van der Waals surface area contributed by atoms with Crippen LogP contribution in [-0.4, -0.2) is 0 Å². The standard InChI is InChI=1S/C12H12ClF/c13-10-6-7-11(12(14)8-10)9-4-2-1-3-5-9/h1-2,6-9H,3-5H2. The molecule has 14 heavy (non-hydrogen) atoms. The molecule has 0 saturated heterocycles. The molecule has 1 atom stereocenters. The summed E-state index contributed by atoms with van der Waals surface area (Å²) in [6.07, 6.45) is 7.31. The predicted octanol–water partition coefficient (Wildman–Crippen LogP) is 4.30. The number of rotatable bonds is 1. The molecule has 1 unspecified atom stereocenters. The van der Waals surface area contributed by atoms with Crippen molar-refractivity contribution in [3.05, 3.63) is 46.8 Å². The summed E-state index contributed by atoms with van der Waals surface area (Å²) in [4.78, 5) is 0. The van der Waals surface area contributed by atoms with Crippen molar-refractivity contribution in [1.82, 2.24) is 0 Å². The highest BCUT2D eigenvalue weighted by Gasteiger charge is 2.16. The number of benzene rings is 1. The van der Waals surface area contributed by atoms with Gasteiger partial charge in [-0.25, -0.2) is 4.39 Å². The summed E-state index contributed by atoms with van der Waals surface area (Å²) in [6, 6.07) is 4.97. The average molecular weight is 211 g/mol. The van der Waals surface area contributed by atoms with Crippen LogP contribution in [0.25, 0.3) is 0 Å². The van der Waals surface area contributed by atoms with Gasteiger partial charge in [0.1, 0.15) is 5.82 Å². The highest BCUT2D eigenvalue weighted by molar-refractivity contribution is 6.30. The monoisotopic (exact) mass is 210 g/mol. The highest BCUT2D eigenvalue weighted by Crippen LogP contribution is 2.31. The molecule has 2 rings (SSSR count). The summed E-state index contributed by atoms with van der Waals surface area (Å²) in [7, 11) is 0. The van der Waals surface area contributed by atoms with Gasteiger partial charge >= 0.3 is 0 Å². The maximum absolute atomic E-state index is 13.5. The first-order chi connectivity index (χ1) is 6.77. The lowest BCUT2D eigenvalue weighted by atomic mass is 9.87. The molecule has 0 heterocycles. The van der Waals surface area contributed by atoms with Crippen molar-refractivity contribution >= 4 is 11.6 Å². The van der Waals surface area contributed by atoms with Gasteiger partial charge in [-0.3, -0.25) is 0 Å². The summed E-state index contributed by atoms with van der Waals surface area (Å²) >= 11 is 5.70. The second kappa shape index (κ2) is 4.14. The van der Waals surface area contributed by atoms with Crippen LogP contribution in [0, 0.1) is 5.82 Å². The minimum absolute atomic E-state index is 0.169. The van der Waals surface area contributed by atoms with E-state index in [1.165, 1.54) is 6.07 Å². The average Bonchev–Trinajstić information content (AvgIpc) is 2.19. The summed E-state index contributed by atoms with van der Waals surface area (Å²) in [6.45, 7) is 0. The van der Waals surface area contributed by atoms with Crippen molar-refractivity contribution < 1.29 is 4.39 Å². The molecule has 1 aliphatic carbocycles. The van der Waals surface area contributed by atoms with Crippen LogP contribution in [0.2, 0.25) is 5.02 Å². The van der Waals surface area contributed by atoms with E-state index in [0.29, 0.717) is 10.9 Å². The molecule has 0 aliphatic heterocycles. The molecule has 0 amide bonds. The lowest BCUT2D eigenvalue weighted by Gasteiger charge is -2.18. The van der Waals surface area contributed by atoms with Crippen molar-refractivity contribution in [3.63, 3.8) is 0 Å². The Morgan fingerprint density at radius 1 is 1.29 bits per heavy atom. The van der Waals surface area contributed by atoms with Crippen molar-refractivity contribution in [2.75, 3.05) is 0 Å². The highest BCUT2D eigenvalue weighted by atomic mass is 35.5. The predicted molar refractivity (Wildman–Crippen MR) is 57.1 cm³/mol. The minimum Gasteiger partial charge on any atom is -0.207 e. The maximum atomic E-state index is 13.5. The van der Waals surface area contributed by atoms with E-state index in [1.54, 1.807) is 6.07 Å². The fourth-order valence-corrected chi connectivity index (χ4v) is 2.07. The smallest absolute Gasteiger partial charge is 0.128 e. The lowest BCUT2D eigenvalue weighted by molar-refractivity contribution is 0.550. The summed E-state index contributed by atoms with van der Waals surface area (Å²) in [5.41, 5.74) is 0.804. The van der Waals surface area contributed by atoms with Crippen molar-refractivity contribution in [2.24, 2.45) is 0 Å². The van der Waals surface area contributed by atoms with E-state index in [9.17, 15) is 4.39 Å². The first kappa shape index (κ1) is 9.72. The Bertz CT molecular complexity index is 357. The van der Waals surface area contributed by atoms with Gasteiger partial charge in [-0.15, -0.1) is 0 Å². The molecule has 1 aliphatic rings. The summed E-state index contributed by atoms with van der Waals surface area (Å²) in [5.74, 6) is 0.162. The molecule has 1 aromatic carbocycles. The van der Waals surface area contributed by atoms with Gasteiger partial charge in [-0.2, -0.15) is 0 Å². The Hall–Kier alpha value is -0.820. The molecule has 0 bridgehead atoms. The minimum atomic E-state index is -0.169. The van der Waals surface area contributed by atoms with Gasteiger partial charge in [0.15, 0.2) is 0 Å².